The number of methoxy groups -OCH3 is 1. The lowest BCUT2D eigenvalue weighted by molar-refractivity contribution is -0.114. The Morgan fingerprint density at radius 2 is 1.86 bits per heavy atom. The van der Waals surface area contributed by atoms with Crippen molar-refractivity contribution in [3.05, 3.63) is 18.2 Å². The largest absolute Gasteiger partial charge is 0.495 e. The molecular weight excluding hydrogens is 292 g/mol. The maximum absolute atomic E-state index is 12.5. The number of benzene rings is 1. The maximum Gasteiger partial charge on any atom is 0.244 e. The molecule has 1 atom stereocenters. The van der Waals surface area contributed by atoms with Gasteiger partial charge >= 0.3 is 0 Å². The van der Waals surface area contributed by atoms with Gasteiger partial charge in [0.1, 0.15) is 10.6 Å². The van der Waals surface area contributed by atoms with Gasteiger partial charge in [0.15, 0.2) is 0 Å². The van der Waals surface area contributed by atoms with E-state index in [1.54, 1.807) is 13.0 Å². The zero-order chi connectivity index (χ0) is 16.2. The number of nitrogens with one attached hydrogen (secondary N) is 2. The van der Waals surface area contributed by atoms with Crippen LogP contribution in [0.15, 0.2) is 23.1 Å². The smallest absolute Gasteiger partial charge is 0.244 e. The normalized spacial score (nSPS) is 13.0. The van der Waals surface area contributed by atoms with Crippen LogP contribution in [0.2, 0.25) is 0 Å². The number of carbonyl (C=O) groups is 1. The highest BCUT2D eigenvalue weighted by molar-refractivity contribution is 7.89. The van der Waals surface area contributed by atoms with Crippen molar-refractivity contribution in [2.75, 3.05) is 12.4 Å². The number of sulfonamides is 1. The number of ether oxygens (including phenoxy) is 1. The van der Waals surface area contributed by atoms with E-state index in [9.17, 15) is 13.2 Å². The molecule has 21 heavy (non-hydrogen) atoms. The number of hydrogen-bond donors (Lipinski definition) is 2. The molecule has 0 aliphatic heterocycles. The van der Waals surface area contributed by atoms with Crippen molar-refractivity contribution in [2.24, 2.45) is 5.92 Å². The van der Waals surface area contributed by atoms with E-state index in [2.05, 4.69) is 10.0 Å². The summed E-state index contributed by atoms with van der Waals surface area (Å²) in [6.07, 6.45) is 0. The Morgan fingerprint density at radius 1 is 1.24 bits per heavy atom. The summed E-state index contributed by atoms with van der Waals surface area (Å²) in [6, 6.07) is 4.27. The minimum Gasteiger partial charge on any atom is -0.495 e. The van der Waals surface area contributed by atoms with Gasteiger partial charge in [0.25, 0.3) is 0 Å². The van der Waals surface area contributed by atoms with Gasteiger partial charge in [-0.15, -0.1) is 0 Å². The Hall–Kier alpha value is -1.60. The Morgan fingerprint density at radius 3 is 2.33 bits per heavy atom. The van der Waals surface area contributed by atoms with E-state index >= 15 is 0 Å². The minimum atomic E-state index is -3.73. The summed E-state index contributed by atoms with van der Waals surface area (Å²) >= 11 is 0. The second-order valence-electron chi connectivity index (χ2n) is 5.20. The molecule has 1 aromatic carbocycles. The van der Waals surface area contributed by atoms with E-state index in [-0.39, 0.29) is 28.5 Å². The summed E-state index contributed by atoms with van der Waals surface area (Å²) in [4.78, 5) is 11.1. The average Bonchev–Trinajstić information content (AvgIpc) is 2.37. The molecule has 118 valence electrons. The first-order valence-electron chi connectivity index (χ1n) is 6.65. The fourth-order valence-corrected chi connectivity index (χ4v) is 3.20. The van der Waals surface area contributed by atoms with Crippen LogP contribution in [0.25, 0.3) is 0 Å². The molecule has 0 aliphatic carbocycles. The molecule has 0 saturated heterocycles. The first-order chi connectivity index (χ1) is 9.67. The van der Waals surface area contributed by atoms with Gasteiger partial charge in [-0.05, 0) is 31.0 Å². The topological polar surface area (TPSA) is 84.5 Å². The number of anilines is 1. The second-order valence-corrected chi connectivity index (χ2v) is 6.88. The lowest BCUT2D eigenvalue weighted by atomic mass is 10.1. The zero-order valence-corrected chi connectivity index (χ0v) is 13.7. The predicted molar refractivity (Wildman–Crippen MR) is 81.9 cm³/mol. The van der Waals surface area contributed by atoms with Crippen molar-refractivity contribution < 1.29 is 17.9 Å². The fraction of sp³-hybridized carbons (Fsp3) is 0.500. The molecule has 0 unspecified atom stereocenters. The first kappa shape index (κ1) is 17.5. The lowest BCUT2D eigenvalue weighted by Gasteiger charge is -2.19. The SMILES string of the molecule is COc1ccc(NC(C)=O)cc1S(=O)(=O)N[C@H](C)C(C)C. The van der Waals surface area contributed by atoms with Crippen LogP contribution >= 0.6 is 0 Å². The summed E-state index contributed by atoms with van der Waals surface area (Å²) in [7, 11) is -2.33. The molecule has 7 heteroatoms. The summed E-state index contributed by atoms with van der Waals surface area (Å²) < 4.78 is 32.6. The van der Waals surface area contributed by atoms with Crippen LogP contribution in [0.4, 0.5) is 5.69 Å². The van der Waals surface area contributed by atoms with E-state index in [0.29, 0.717) is 5.69 Å². The summed E-state index contributed by atoms with van der Waals surface area (Å²) in [5.74, 6) is 0.115. The van der Waals surface area contributed by atoms with Gasteiger partial charge in [-0.2, -0.15) is 0 Å². The molecule has 1 rings (SSSR count). The third-order valence-corrected chi connectivity index (χ3v) is 4.69. The van der Waals surface area contributed by atoms with Crippen LogP contribution in [0.5, 0.6) is 5.75 Å². The number of carbonyl (C=O) groups excluding carboxylic acids is 1. The second kappa shape index (κ2) is 6.91. The minimum absolute atomic E-state index is 0.00347. The Kier molecular flexibility index (Phi) is 5.74. The van der Waals surface area contributed by atoms with Gasteiger partial charge < -0.3 is 10.1 Å². The van der Waals surface area contributed by atoms with Gasteiger partial charge in [0.05, 0.1) is 7.11 Å². The molecule has 1 amide bonds. The molecular formula is C14H22N2O4S. The van der Waals surface area contributed by atoms with Crippen LogP contribution in [0.1, 0.15) is 27.7 Å². The summed E-state index contributed by atoms with van der Waals surface area (Å²) in [6.45, 7) is 7.01. The van der Waals surface area contributed by atoms with Crippen LogP contribution in [-0.4, -0.2) is 27.5 Å². The maximum atomic E-state index is 12.5. The lowest BCUT2D eigenvalue weighted by Crippen LogP contribution is -2.36. The zero-order valence-electron chi connectivity index (χ0n) is 12.9. The monoisotopic (exact) mass is 314 g/mol. The Labute approximate surface area is 125 Å². The van der Waals surface area contributed by atoms with Gasteiger partial charge in [-0.25, -0.2) is 13.1 Å². The molecule has 0 fully saturated rings. The van der Waals surface area contributed by atoms with Gasteiger partial charge in [0, 0.05) is 18.7 Å². The number of hydrogen-bond acceptors (Lipinski definition) is 4. The number of rotatable bonds is 6. The van der Waals surface area contributed by atoms with E-state index in [4.69, 9.17) is 4.74 Å². The van der Waals surface area contributed by atoms with Gasteiger partial charge in [0.2, 0.25) is 15.9 Å². The highest BCUT2D eigenvalue weighted by Gasteiger charge is 2.23. The van der Waals surface area contributed by atoms with Crippen molar-refractivity contribution in [3.8, 4) is 5.75 Å². The first-order valence-corrected chi connectivity index (χ1v) is 8.13. The van der Waals surface area contributed by atoms with Crippen molar-refractivity contribution in [1.82, 2.24) is 4.72 Å². The van der Waals surface area contributed by atoms with E-state index < -0.39 is 10.0 Å². The Balaban J connectivity index is 3.22. The van der Waals surface area contributed by atoms with Gasteiger partial charge in [-0.1, -0.05) is 13.8 Å². The molecule has 0 heterocycles. The molecule has 0 bridgehead atoms. The highest BCUT2D eigenvalue weighted by Crippen LogP contribution is 2.27. The quantitative estimate of drug-likeness (QED) is 0.841. The Bertz CT molecular complexity index is 611. The van der Waals surface area contributed by atoms with Crippen molar-refractivity contribution >= 4 is 21.6 Å². The van der Waals surface area contributed by atoms with E-state index in [1.165, 1.54) is 26.2 Å². The van der Waals surface area contributed by atoms with Crippen LogP contribution in [-0.2, 0) is 14.8 Å². The third kappa shape index (κ3) is 4.71. The molecule has 2 N–H and O–H groups in total. The van der Waals surface area contributed by atoms with Gasteiger partial charge in [-0.3, -0.25) is 4.79 Å². The van der Waals surface area contributed by atoms with E-state index in [0.717, 1.165) is 0 Å². The van der Waals surface area contributed by atoms with Crippen LogP contribution in [0, 0.1) is 5.92 Å². The molecule has 0 aromatic heterocycles. The molecule has 0 saturated carbocycles. The third-order valence-electron chi connectivity index (χ3n) is 3.11. The van der Waals surface area contributed by atoms with E-state index in [1.807, 2.05) is 13.8 Å². The average molecular weight is 314 g/mol. The molecule has 0 spiro atoms. The molecule has 0 radical (unpaired) electrons. The molecule has 0 aliphatic rings. The predicted octanol–water partition coefficient (Wildman–Crippen LogP) is 1.98. The molecule has 6 nitrogen and oxygen atoms in total. The summed E-state index contributed by atoms with van der Waals surface area (Å²) in [5.41, 5.74) is 0.404. The number of amides is 1. The van der Waals surface area contributed by atoms with Crippen molar-refractivity contribution in [2.45, 2.75) is 38.6 Å². The van der Waals surface area contributed by atoms with Crippen LogP contribution in [0.3, 0.4) is 0 Å². The van der Waals surface area contributed by atoms with Crippen LogP contribution < -0.4 is 14.8 Å². The standard InChI is InChI=1S/C14H22N2O4S/c1-9(2)10(3)16-21(18,19)14-8-12(15-11(4)17)6-7-13(14)20-5/h6-10,16H,1-5H3,(H,15,17)/t10-/m1/s1. The van der Waals surface area contributed by atoms with Crippen molar-refractivity contribution in [3.63, 3.8) is 0 Å². The highest BCUT2D eigenvalue weighted by atomic mass is 32.2. The molecule has 1 aromatic rings. The fourth-order valence-electron chi connectivity index (χ4n) is 1.61. The van der Waals surface area contributed by atoms with Crippen molar-refractivity contribution in [1.29, 1.82) is 0 Å². The summed E-state index contributed by atoms with van der Waals surface area (Å²) in [5, 5.41) is 2.56.